The number of fused-ring (bicyclic) bond motifs is 2. The molecule has 1 saturated carbocycles. The second kappa shape index (κ2) is 9.28. The minimum absolute atomic E-state index is 0.0500. The predicted octanol–water partition coefficient (Wildman–Crippen LogP) is 2.66. The summed E-state index contributed by atoms with van der Waals surface area (Å²) in [4.78, 5) is 51.6. The van der Waals surface area contributed by atoms with Crippen LogP contribution in [0.5, 0.6) is 5.75 Å². The molecule has 2 atom stereocenters. The summed E-state index contributed by atoms with van der Waals surface area (Å²) in [7, 11) is 1.33. The molecule has 1 saturated heterocycles. The van der Waals surface area contributed by atoms with Crippen LogP contribution < -0.4 is 15.7 Å². The number of carbonyl (C=O) groups excluding carboxylic acids is 2. The van der Waals surface area contributed by atoms with Crippen LogP contribution in [0.1, 0.15) is 18.4 Å². The number of ether oxygens (including phenoxy) is 2. The van der Waals surface area contributed by atoms with Gasteiger partial charge in [0.25, 0.3) is 11.6 Å². The lowest BCUT2D eigenvalue weighted by Crippen LogP contribution is -2.81. The van der Waals surface area contributed by atoms with Crippen molar-refractivity contribution in [3.8, 4) is 5.75 Å². The summed E-state index contributed by atoms with van der Waals surface area (Å²) < 4.78 is 16.2. The van der Waals surface area contributed by atoms with Gasteiger partial charge in [-0.2, -0.15) is 0 Å². The van der Waals surface area contributed by atoms with Crippen LogP contribution in [0.15, 0.2) is 81.1 Å². The van der Waals surface area contributed by atoms with Crippen molar-refractivity contribution in [1.29, 1.82) is 0 Å². The number of carboxylic acids is 1. The van der Waals surface area contributed by atoms with Gasteiger partial charge in [-0.05, 0) is 36.6 Å². The average Bonchev–Trinajstić information content (AvgIpc) is 3.70. The number of thioether (sulfide) groups is 1. The van der Waals surface area contributed by atoms with Gasteiger partial charge in [-0.15, -0.1) is 11.8 Å². The van der Waals surface area contributed by atoms with Crippen LogP contribution in [0.25, 0.3) is 11.0 Å². The van der Waals surface area contributed by atoms with Gasteiger partial charge >= 0.3 is 11.6 Å². The molecule has 2 unspecified atom stereocenters. The second-order valence-corrected chi connectivity index (χ2v) is 11.1. The molecule has 2 fully saturated rings. The van der Waals surface area contributed by atoms with E-state index in [4.69, 9.17) is 13.9 Å². The highest BCUT2D eigenvalue weighted by atomic mass is 32.2. The van der Waals surface area contributed by atoms with Crippen molar-refractivity contribution >= 4 is 40.5 Å². The number of hydrogen-bond acceptors (Lipinski definition) is 8. The number of amides is 2. The first-order valence-electron chi connectivity index (χ1n) is 12.3. The lowest BCUT2D eigenvalue weighted by atomic mass is 9.95. The minimum Gasteiger partial charge on any atom is -0.489 e. The third-order valence-electron chi connectivity index (χ3n) is 7.27. The fraction of sp³-hybridized carbons (Fsp3) is 0.286. The number of rotatable bonds is 8. The first-order valence-corrected chi connectivity index (χ1v) is 13.2. The summed E-state index contributed by atoms with van der Waals surface area (Å²) in [5.74, 6) is -1.92. The first kappa shape index (κ1) is 25.2. The van der Waals surface area contributed by atoms with Crippen molar-refractivity contribution < 1.29 is 33.4 Å². The smallest absolute Gasteiger partial charge is 0.352 e. The SMILES string of the molecule is COC1(NC(=O)Cc2ccccc2)C(=O)N2C(C(=O)O)=C(COc3ccc4ccc(=O)oc4c3)C3(CC3)SC21. The maximum atomic E-state index is 13.5. The van der Waals surface area contributed by atoms with Crippen LogP contribution in [0.4, 0.5) is 0 Å². The molecule has 2 amide bonds. The lowest BCUT2D eigenvalue weighted by Gasteiger charge is -2.57. The van der Waals surface area contributed by atoms with Crippen molar-refractivity contribution in [1.82, 2.24) is 10.2 Å². The first-order chi connectivity index (χ1) is 18.8. The highest BCUT2D eigenvalue weighted by Gasteiger charge is 2.71. The van der Waals surface area contributed by atoms with Gasteiger partial charge in [0, 0.05) is 34.9 Å². The fourth-order valence-corrected chi connectivity index (χ4v) is 6.94. The van der Waals surface area contributed by atoms with E-state index in [0.717, 1.165) is 10.9 Å². The zero-order chi connectivity index (χ0) is 27.4. The molecule has 2 aromatic carbocycles. The zero-order valence-corrected chi connectivity index (χ0v) is 21.7. The standard InChI is InChI=1S/C28H24N2O8S/c1-36-28(29-21(31)13-16-5-3-2-4-6-16)25(35)30-23(24(33)34)19(27(11-12-27)39-26(28)30)15-37-18-9-7-17-8-10-22(32)38-20(17)14-18/h2-10,14,26H,11-13,15H2,1H3,(H,29,31)(H,33,34). The minimum atomic E-state index is -1.67. The number of β-lactam (4-membered cyclic amide) rings is 1. The van der Waals surface area contributed by atoms with Crippen LogP contribution in [0, 0.1) is 0 Å². The molecule has 0 radical (unpaired) electrons. The van der Waals surface area contributed by atoms with E-state index in [1.54, 1.807) is 24.3 Å². The Bertz CT molecular complexity index is 1600. The number of carboxylic acid groups (broad SMARTS) is 1. The molecule has 2 N–H and O–H groups in total. The van der Waals surface area contributed by atoms with Crippen molar-refractivity contribution in [2.24, 2.45) is 0 Å². The molecule has 10 nitrogen and oxygen atoms in total. The highest BCUT2D eigenvalue weighted by Crippen LogP contribution is 2.64. The molecular formula is C28H24N2O8S. The summed E-state index contributed by atoms with van der Waals surface area (Å²) >= 11 is 1.41. The molecule has 1 spiro atoms. The molecule has 200 valence electrons. The number of benzene rings is 2. The third kappa shape index (κ3) is 4.18. The molecule has 3 aliphatic rings. The van der Waals surface area contributed by atoms with Gasteiger partial charge in [-0.3, -0.25) is 14.5 Å². The Balaban J connectivity index is 1.27. The van der Waals surface area contributed by atoms with Crippen LogP contribution >= 0.6 is 11.8 Å². The number of carbonyl (C=O) groups is 3. The summed E-state index contributed by atoms with van der Waals surface area (Å²) in [6, 6.07) is 17.1. The van der Waals surface area contributed by atoms with E-state index in [1.165, 1.54) is 29.8 Å². The van der Waals surface area contributed by atoms with Gasteiger partial charge in [-0.1, -0.05) is 30.3 Å². The monoisotopic (exact) mass is 548 g/mol. The van der Waals surface area contributed by atoms with Crippen molar-refractivity contribution in [2.45, 2.75) is 35.1 Å². The van der Waals surface area contributed by atoms with E-state index in [0.29, 0.717) is 29.7 Å². The van der Waals surface area contributed by atoms with E-state index in [9.17, 15) is 24.3 Å². The normalized spacial score (nSPS) is 22.8. The third-order valence-corrected chi connectivity index (χ3v) is 9.14. The molecule has 39 heavy (non-hydrogen) atoms. The van der Waals surface area contributed by atoms with Crippen molar-refractivity contribution in [3.05, 3.63) is 87.9 Å². The van der Waals surface area contributed by atoms with Gasteiger partial charge in [0.05, 0.1) is 6.42 Å². The van der Waals surface area contributed by atoms with E-state index < -0.39 is 39.3 Å². The molecule has 3 heterocycles. The van der Waals surface area contributed by atoms with Crippen LogP contribution in [-0.4, -0.2) is 57.4 Å². The topological polar surface area (TPSA) is 135 Å². The van der Waals surface area contributed by atoms with E-state index in [-0.39, 0.29) is 18.7 Å². The highest BCUT2D eigenvalue weighted by molar-refractivity contribution is 8.02. The molecule has 0 bridgehead atoms. The number of nitrogens with one attached hydrogen (secondary N) is 1. The molecule has 11 heteroatoms. The summed E-state index contributed by atoms with van der Waals surface area (Å²) in [5.41, 5.74) is -0.706. The Kier molecular flexibility index (Phi) is 6.00. The lowest BCUT2D eigenvalue weighted by molar-refractivity contribution is -0.192. The molecule has 2 aliphatic heterocycles. The maximum absolute atomic E-state index is 13.5. The van der Waals surface area contributed by atoms with E-state index in [1.807, 2.05) is 30.3 Å². The average molecular weight is 549 g/mol. The Morgan fingerprint density at radius 3 is 2.56 bits per heavy atom. The van der Waals surface area contributed by atoms with Gasteiger partial charge in [0.15, 0.2) is 0 Å². The number of aliphatic carboxylic acids is 1. The van der Waals surface area contributed by atoms with Crippen LogP contribution in [0.3, 0.4) is 0 Å². The summed E-state index contributed by atoms with van der Waals surface area (Å²) in [6.45, 7) is -0.0753. The quantitative estimate of drug-likeness (QED) is 0.247. The molecule has 6 rings (SSSR count). The molecule has 1 aromatic heterocycles. The molecule has 3 aromatic rings. The Hall–Kier alpha value is -4.09. The number of hydrogen-bond donors (Lipinski definition) is 2. The second-order valence-electron chi connectivity index (χ2n) is 9.67. The van der Waals surface area contributed by atoms with Crippen molar-refractivity contribution in [3.63, 3.8) is 0 Å². The van der Waals surface area contributed by atoms with Crippen molar-refractivity contribution in [2.75, 3.05) is 13.7 Å². The summed E-state index contributed by atoms with van der Waals surface area (Å²) in [6.07, 6.45) is 1.43. The molecule has 1 aliphatic carbocycles. The summed E-state index contributed by atoms with van der Waals surface area (Å²) in [5, 5.41) is 12.9. The Labute approximate surface area is 226 Å². The number of nitrogens with zero attached hydrogens (tertiary/aromatic N) is 1. The van der Waals surface area contributed by atoms with E-state index >= 15 is 0 Å². The largest absolute Gasteiger partial charge is 0.489 e. The van der Waals surface area contributed by atoms with Crippen LogP contribution in [-0.2, 0) is 25.5 Å². The Morgan fingerprint density at radius 2 is 1.87 bits per heavy atom. The zero-order valence-electron chi connectivity index (χ0n) is 20.8. The van der Waals surface area contributed by atoms with Crippen LogP contribution in [0.2, 0.25) is 0 Å². The number of methoxy groups -OCH3 is 1. The predicted molar refractivity (Wildman–Crippen MR) is 141 cm³/mol. The van der Waals surface area contributed by atoms with Gasteiger partial charge in [0.1, 0.15) is 29.0 Å². The van der Waals surface area contributed by atoms with Gasteiger partial charge < -0.3 is 24.3 Å². The van der Waals surface area contributed by atoms with E-state index in [2.05, 4.69) is 5.32 Å². The van der Waals surface area contributed by atoms with Gasteiger partial charge in [0.2, 0.25) is 5.91 Å². The fourth-order valence-electron chi connectivity index (χ4n) is 5.15. The maximum Gasteiger partial charge on any atom is 0.352 e. The molecular weight excluding hydrogens is 524 g/mol. The Morgan fingerprint density at radius 1 is 1.13 bits per heavy atom. The van der Waals surface area contributed by atoms with Gasteiger partial charge in [-0.25, -0.2) is 9.59 Å².